The van der Waals surface area contributed by atoms with E-state index in [0.29, 0.717) is 43.0 Å². The van der Waals surface area contributed by atoms with Crippen LogP contribution in [-0.4, -0.2) is 66.7 Å². The highest BCUT2D eigenvalue weighted by Gasteiger charge is 2.33. The Bertz CT molecular complexity index is 1050. The number of carbonyl (C=O) groups excluding carboxylic acids is 3. The number of nitrogens with zero attached hydrogens (tertiary/aromatic N) is 4. The molecule has 0 saturated carbocycles. The Morgan fingerprint density at radius 2 is 1.94 bits per heavy atom. The molecule has 2 saturated heterocycles. The highest BCUT2D eigenvalue weighted by molar-refractivity contribution is 5.90. The molecule has 174 valence electrons. The molecule has 4 rings (SSSR count). The highest BCUT2D eigenvalue weighted by Crippen LogP contribution is 2.29. The maximum atomic E-state index is 14.9. The molecule has 1 N–H and O–H groups in total. The third-order valence-corrected chi connectivity index (χ3v) is 5.83. The Balaban J connectivity index is 1.44. The number of aromatic nitrogens is 1. The minimum absolute atomic E-state index is 0.0697. The Morgan fingerprint density at radius 3 is 2.55 bits per heavy atom. The van der Waals surface area contributed by atoms with E-state index < -0.39 is 18.1 Å². The van der Waals surface area contributed by atoms with Gasteiger partial charge in [0.1, 0.15) is 11.6 Å². The number of halogens is 1. The molecular weight excluding hydrogens is 429 g/mol. The largest absolute Gasteiger partial charge is 0.423 e. The normalized spacial score (nSPS) is 18.3. The molecule has 3 heterocycles. The lowest BCUT2D eigenvalue weighted by atomic mass is 10.1. The number of hydrogen-bond donors (Lipinski definition) is 1. The van der Waals surface area contributed by atoms with Gasteiger partial charge in [0.25, 0.3) is 0 Å². The van der Waals surface area contributed by atoms with Crippen molar-refractivity contribution in [2.75, 3.05) is 42.5 Å². The van der Waals surface area contributed by atoms with E-state index >= 15 is 0 Å². The zero-order valence-electron chi connectivity index (χ0n) is 18.6. The SMILES string of the molecule is CCC(=O)NC1CN(c2ccc(-c3ccc(N4CCN(C(C)=O)CC4)nc3)c(F)c2)C(=O)O1. The predicted octanol–water partition coefficient (Wildman–Crippen LogP) is 2.37. The summed E-state index contributed by atoms with van der Waals surface area (Å²) in [6.45, 7) is 6.07. The van der Waals surface area contributed by atoms with Gasteiger partial charge in [-0.3, -0.25) is 14.5 Å². The van der Waals surface area contributed by atoms with Crippen LogP contribution >= 0.6 is 0 Å². The minimum atomic E-state index is -0.762. The van der Waals surface area contributed by atoms with Crippen LogP contribution in [0.15, 0.2) is 36.5 Å². The van der Waals surface area contributed by atoms with Crippen LogP contribution in [0, 0.1) is 5.82 Å². The van der Waals surface area contributed by atoms with Gasteiger partial charge in [0.15, 0.2) is 6.23 Å². The first-order valence-corrected chi connectivity index (χ1v) is 10.9. The van der Waals surface area contributed by atoms with Crippen molar-refractivity contribution in [1.29, 1.82) is 0 Å². The van der Waals surface area contributed by atoms with Gasteiger partial charge in [-0.15, -0.1) is 0 Å². The number of ether oxygens (including phenoxy) is 1. The van der Waals surface area contributed by atoms with Gasteiger partial charge in [-0.25, -0.2) is 14.2 Å². The molecule has 10 heteroatoms. The fraction of sp³-hybridized carbons (Fsp3) is 0.391. The van der Waals surface area contributed by atoms with Crippen LogP contribution in [0.1, 0.15) is 20.3 Å². The topological polar surface area (TPSA) is 95.1 Å². The molecule has 1 aromatic carbocycles. The van der Waals surface area contributed by atoms with Gasteiger partial charge in [0.2, 0.25) is 11.8 Å². The minimum Gasteiger partial charge on any atom is -0.423 e. The molecule has 2 aliphatic heterocycles. The summed E-state index contributed by atoms with van der Waals surface area (Å²) in [5.74, 6) is 0.123. The van der Waals surface area contributed by atoms with Crippen molar-refractivity contribution >= 4 is 29.4 Å². The second-order valence-electron chi connectivity index (χ2n) is 7.97. The number of anilines is 2. The van der Waals surface area contributed by atoms with Gasteiger partial charge in [0.05, 0.1) is 12.2 Å². The zero-order chi connectivity index (χ0) is 23.5. The van der Waals surface area contributed by atoms with Gasteiger partial charge in [-0.05, 0) is 30.3 Å². The molecule has 0 bridgehead atoms. The van der Waals surface area contributed by atoms with Crippen molar-refractivity contribution < 1.29 is 23.5 Å². The molecule has 0 spiro atoms. The predicted molar refractivity (Wildman–Crippen MR) is 120 cm³/mol. The summed E-state index contributed by atoms with van der Waals surface area (Å²) in [6.07, 6.45) is 0.491. The Labute approximate surface area is 191 Å². The highest BCUT2D eigenvalue weighted by atomic mass is 19.1. The van der Waals surface area contributed by atoms with Crippen LogP contribution in [0.2, 0.25) is 0 Å². The molecule has 0 radical (unpaired) electrons. The number of pyridine rings is 1. The lowest BCUT2D eigenvalue weighted by molar-refractivity contribution is -0.129. The second-order valence-corrected chi connectivity index (χ2v) is 7.97. The molecule has 9 nitrogen and oxygen atoms in total. The van der Waals surface area contributed by atoms with E-state index in [4.69, 9.17) is 4.74 Å². The molecule has 2 fully saturated rings. The Hall–Kier alpha value is -3.69. The first kappa shape index (κ1) is 22.5. The fourth-order valence-electron chi connectivity index (χ4n) is 3.92. The second kappa shape index (κ2) is 9.43. The molecular formula is C23H26FN5O4. The number of hydrogen-bond acceptors (Lipinski definition) is 6. The number of piperazine rings is 1. The molecule has 1 unspecified atom stereocenters. The van der Waals surface area contributed by atoms with E-state index in [0.717, 1.165) is 5.82 Å². The number of carbonyl (C=O) groups is 3. The van der Waals surface area contributed by atoms with Crippen molar-refractivity contribution in [2.24, 2.45) is 0 Å². The lowest BCUT2D eigenvalue weighted by Crippen LogP contribution is -2.48. The van der Waals surface area contributed by atoms with Crippen LogP contribution in [0.4, 0.5) is 20.7 Å². The maximum Gasteiger partial charge on any atom is 0.416 e. The fourth-order valence-corrected chi connectivity index (χ4v) is 3.92. The van der Waals surface area contributed by atoms with Crippen molar-refractivity contribution in [3.8, 4) is 11.1 Å². The summed E-state index contributed by atoms with van der Waals surface area (Å²) in [7, 11) is 0. The van der Waals surface area contributed by atoms with Crippen LogP contribution in [0.3, 0.4) is 0 Å². The molecule has 3 amide bonds. The molecule has 2 aliphatic rings. The number of cyclic esters (lactones) is 1. The van der Waals surface area contributed by atoms with Crippen LogP contribution in [-0.2, 0) is 14.3 Å². The van der Waals surface area contributed by atoms with Crippen LogP contribution in [0.25, 0.3) is 11.1 Å². The first-order valence-electron chi connectivity index (χ1n) is 10.9. The van der Waals surface area contributed by atoms with E-state index in [1.165, 1.54) is 11.0 Å². The molecule has 0 aliphatic carbocycles. The Morgan fingerprint density at radius 1 is 1.18 bits per heavy atom. The molecule has 1 atom stereocenters. The molecule has 1 aromatic heterocycles. The van der Waals surface area contributed by atoms with Crippen molar-refractivity contribution in [3.05, 3.63) is 42.3 Å². The standard InChI is InChI=1S/C23H26FN5O4/c1-3-21(31)26-22-14-29(23(32)33-22)17-5-6-18(19(24)12-17)16-4-7-20(25-13-16)28-10-8-27(9-11-28)15(2)30/h4-7,12-13,22H,3,8-11,14H2,1-2H3,(H,26,31). The monoisotopic (exact) mass is 455 g/mol. The average Bonchev–Trinajstić information content (AvgIpc) is 3.18. The molecule has 2 aromatic rings. The van der Waals surface area contributed by atoms with Crippen molar-refractivity contribution in [1.82, 2.24) is 15.2 Å². The summed E-state index contributed by atoms with van der Waals surface area (Å²) < 4.78 is 20.1. The van der Waals surface area contributed by atoms with E-state index in [1.807, 2.05) is 6.07 Å². The van der Waals surface area contributed by atoms with Crippen LogP contribution in [0.5, 0.6) is 0 Å². The Kier molecular flexibility index (Phi) is 6.43. The number of amides is 3. The van der Waals surface area contributed by atoms with Crippen molar-refractivity contribution in [3.63, 3.8) is 0 Å². The van der Waals surface area contributed by atoms with Gasteiger partial charge < -0.3 is 19.9 Å². The maximum absolute atomic E-state index is 14.9. The van der Waals surface area contributed by atoms with Gasteiger partial charge >= 0.3 is 6.09 Å². The van der Waals surface area contributed by atoms with E-state index in [-0.39, 0.29) is 24.8 Å². The third kappa shape index (κ3) is 4.89. The number of nitrogens with one attached hydrogen (secondary N) is 1. The van der Waals surface area contributed by atoms with Crippen LogP contribution < -0.4 is 15.1 Å². The van der Waals surface area contributed by atoms with Crippen molar-refractivity contribution in [2.45, 2.75) is 26.5 Å². The summed E-state index contributed by atoms with van der Waals surface area (Å²) in [5.41, 5.74) is 1.33. The first-order chi connectivity index (χ1) is 15.9. The van der Waals surface area contributed by atoms with Gasteiger partial charge in [-0.2, -0.15) is 0 Å². The smallest absolute Gasteiger partial charge is 0.416 e. The number of benzene rings is 1. The lowest BCUT2D eigenvalue weighted by Gasteiger charge is -2.34. The summed E-state index contributed by atoms with van der Waals surface area (Å²) in [4.78, 5) is 44.8. The average molecular weight is 455 g/mol. The van der Waals surface area contributed by atoms with Gasteiger partial charge in [-0.1, -0.05) is 6.92 Å². The summed E-state index contributed by atoms with van der Waals surface area (Å²) in [6, 6.07) is 8.15. The van der Waals surface area contributed by atoms with Gasteiger partial charge in [0, 0.05) is 56.8 Å². The third-order valence-electron chi connectivity index (χ3n) is 5.83. The van der Waals surface area contributed by atoms with E-state index in [1.54, 1.807) is 43.1 Å². The number of rotatable bonds is 5. The molecule has 33 heavy (non-hydrogen) atoms. The summed E-state index contributed by atoms with van der Waals surface area (Å²) >= 11 is 0. The summed E-state index contributed by atoms with van der Waals surface area (Å²) in [5, 5.41) is 2.60. The van der Waals surface area contributed by atoms with E-state index in [9.17, 15) is 18.8 Å². The van der Waals surface area contributed by atoms with E-state index in [2.05, 4.69) is 15.2 Å². The zero-order valence-corrected chi connectivity index (χ0v) is 18.6. The quantitative estimate of drug-likeness (QED) is 0.744.